The van der Waals surface area contributed by atoms with Crippen molar-refractivity contribution in [3.05, 3.63) is 59.5 Å². The van der Waals surface area contributed by atoms with Crippen LogP contribution < -0.4 is 5.32 Å². The maximum atomic E-state index is 12.3. The first kappa shape index (κ1) is 17.7. The van der Waals surface area contributed by atoms with Crippen LogP contribution in [0.5, 0.6) is 0 Å². The number of amides is 1. The fourth-order valence-electron chi connectivity index (χ4n) is 3.21. The lowest BCUT2D eigenvalue weighted by molar-refractivity contribution is -0.127. The van der Waals surface area contributed by atoms with Gasteiger partial charge < -0.3 is 19.6 Å². The molecule has 1 amide bonds. The number of fused-ring (bicyclic) bond motifs is 1. The zero-order chi connectivity index (χ0) is 17.6. The molecule has 6 heteroatoms. The van der Waals surface area contributed by atoms with Crippen molar-refractivity contribution in [1.29, 1.82) is 0 Å². The largest absolute Gasteiger partial charge is 0.467 e. The first-order chi connectivity index (χ1) is 12.2. The standard InChI is InChI=1S/C19H24N2O4/c1-20-19(23)18-9-14-5-2-3-6-15(14)10-21(18)11-16(22)12-24-13-17-7-4-8-25-17/h2-8,16,18,22H,9-13H2,1H3,(H,20,23). The number of hydrogen-bond donors (Lipinski definition) is 2. The molecule has 1 aliphatic heterocycles. The summed E-state index contributed by atoms with van der Waals surface area (Å²) in [6, 6.07) is 11.5. The van der Waals surface area contributed by atoms with Crippen molar-refractivity contribution in [1.82, 2.24) is 10.2 Å². The second-order valence-corrected chi connectivity index (χ2v) is 6.28. The number of likely N-dealkylation sites (N-methyl/N-ethyl adjacent to an activating group) is 1. The quantitative estimate of drug-likeness (QED) is 0.793. The molecular weight excluding hydrogens is 320 g/mol. The van der Waals surface area contributed by atoms with Crippen LogP contribution in [0, 0.1) is 0 Å². The minimum absolute atomic E-state index is 0.0294. The van der Waals surface area contributed by atoms with E-state index in [4.69, 9.17) is 9.15 Å². The van der Waals surface area contributed by atoms with Crippen LogP contribution in [-0.4, -0.2) is 48.3 Å². The van der Waals surface area contributed by atoms with Crippen LogP contribution in [0.2, 0.25) is 0 Å². The summed E-state index contributed by atoms with van der Waals surface area (Å²) in [5.74, 6) is 0.695. The Balaban J connectivity index is 1.59. The summed E-state index contributed by atoms with van der Waals surface area (Å²) in [7, 11) is 1.64. The van der Waals surface area contributed by atoms with Gasteiger partial charge in [-0.25, -0.2) is 0 Å². The van der Waals surface area contributed by atoms with E-state index >= 15 is 0 Å². The van der Waals surface area contributed by atoms with Crippen molar-refractivity contribution in [2.75, 3.05) is 20.2 Å². The van der Waals surface area contributed by atoms with Crippen LogP contribution in [0.15, 0.2) is 47.1 Å². The average molecular weight is 344 g/mol. The highest BCUT2D eigenvalue weighted by atomic mass is 16.5. The molecule has 0 spiro atoms. The molecule has 0 saturated heterocycles. The van der Waals surface area contributed by atoms with E-state index in [2.05, 4.69) is 17.4 Å². The first-order valence-corrected chi connectivity index (χ1v) is 8.48. The highest BCUT2D eigenvalue weighted by molar-refractivity contribution is 5.82. The first-order valence-electron chi connectivity index (χ1n) is 8.48. The van der Waals surface area contributed by atoms with Gasteiger partial charge in [-0.05, 0) is 29.7 Å². The van der Waals surface area contributed by atoms with Crippen LogP contribution in [0.3, 0.4) is 0 Å². The normalized spacial score (nSPS) is 18.6. The SMILES string of the molecule is CNC(=O)C1Cc2ccccc2CN1CC(O)COCc1ccco1. The molecule has 0 bridgehead atoms. The smallest absolute Gasteiger partial charge is 0.237 e. The van der Waals surface area contributed by atoms with Gasteiger partial charge in [0.2, 0.25) is 5.91 Å². The van der Waals surface area contributed by atoms with E-state index in [-0.39, 0.29) is 18.6 Å². The van der Waals surface area contributed by atoms with Gasteiger partial charge in [0.15, 0.2) is 0 Å². The predicted molar refractivity (Wildman–Crippen MR) is 92.8 cm³/mol. The molecule has 2 heterocycles. The number of ether oxygens (including phenoxy) is 1. The van der Waals surface area contributed by atoms with Crippen LogP contribution in [-0.2, 0) is 29.1 Å². The van der Waals surface area contributed by atoms with Crippen molar-refractivity contribution in [3.8, 4) is 0 Å². The lowest BCUT2D eigenvalue weighted by Gasteiger charge is -2.36. The molecule has 2 unspecified atom stereocenters. The van der Waals surface area contributed by atoms with E-state index in [0.717, 1.165) is 5.76 Å². The summed E-state index contributed by atoms with van der Waals surface area (Å²) >= 11 is 0. The summed E-state index contributed by atoms with van der Waals surface area (Å²) < 4.78 is 10.7. The Labute approximate surface area is 147 Å². The number of furan rings is 1. The Bertz CT molecular complexity index is 686. The molecule has 134 valence electrons. The maximum absolute atomic E-state index is 12.3. The molecule has 6 nitrogen and oxygen atoms in total. The number of benzene rings is 1. The van der Waals surface area contributed by atoms with Gasteiger partial charge in [-0.15, -0.1) is 0 Å². The third-order valence-corrected chi connectivity index (χ3v) is 4.47. The van der Waals surface area contributed by atoms with E-state index in [1.165, 1.54) is 11.1 Å². The highest BCUT2D eigenvalue weighted by Gasteiger charge is 2.31. The van der Waals surface area contributed by atoms with Crippen molar-refractivity contribution in [3.63, 3.8) is 0 Å². The zero-order valence-electron chi connectivity index (χ0n) is 14.4. The number of nitrogens with one attached hydrogen (secondary N) is 1. The highest BCUT2D eigenvalue weighted by Crippen LogP contribution is 2.23. The number of carbonyl (C=O) groups is 1. The zero-order valence-corrected chi connectivity index (χ0v) is 14.4. The van der Waals surface area contributed by atoms with Crippen LogP contribution >= 0.6 is 0 Å². The molecule has 2 atom stereocenters. The number of aliphatic hydroxyl groups excluding tert-OH is 1. The van der Waals surface area contributed by atoms with E-state index in [1.54, 1.807) is 19.4 Å². The molecule has 0 saturated carbocycles. The number of nitrogens with zero attached hydrogens (tertiary/aromatic N) is 1. The van der Waals surface area contributed by atoms with Gasteiger partial charge in [0.05, 0.1) is 25.0 Å². The van der Waals surface area contributed by atoms with Crippen LogP contribution in [0.4, 0.5) is 0 Å². The van der Waals surface area contributed by atoms with E-state index < -0.39 is 6.10 Å². The van der Waals surface area contributed by atoms with Gasteiger partial charge in [-0.1, -0.05) is 24.3 Å². The van der Waals surface area contributed by atoms with Gasteiger partial charge in [-0.3, -0.25) is 9.69 Å². The molecule has 25 heavy (non-hydrogen) atoms. The summed E-state index contributed by atoms with van der Waals surface area (Å²) in [6.45, 7) is 1.54. The Hall–Kier alpha value is -2.15. The van der Waals surface area contributed by atoms with Crippen molar-refractivity contribution in [2.45, 2.75) is 31.7 Å². The molecule has 3 rings (SSSR count). The molecule has 2 N–H and O–H groups in total. The number of hydrogen-bond acceptors (Lipinski definition) is 5. The van der Waals surface area contributed by atoms with Gasteiger partial charge in [-0.2, -0.15) is 0 Å². The fraction of sp³-hybridized carbons (Fsp3) is 0.421. The monoisotopic (exact) mass is 344 g/mol. The summed E-state index contributed by atoms with van der Waals surface area (Å²) in [5, 5.41) is 13.0. The molecule has 1 aliphatic rings. The average Bonchev–Trinajstić information content (AvgIpc) is 3.14. The molecular formula is C19H24N2O4. The maximum Gasteiger partial charge on any atom is 0.237 e. The summed E-state index contributed by atoms with van der Waals surface area (Å²) in [4.78, 5) is 14.3. The minimum Gasteiger partial charge on any atom is -0.467 e. The van der Waals surface area contributed by atoms with Crippen LogP contribution in [0.25, 0.3) is 0 Å². The predicted octanol–water partition coefficient (Wildman–Crippen LogP) is 1.33. The number of aliphatic hydroxyl groups is 1. The Morgan fingerprint density at radius 2 is 2.16 bits per heavy atom. The van der Waals surface area contributed by atoms with E-state index in [1.807, 2.05) is 23.1 Å². The van der Waals surface area contributed by atoms with Crippen LogP contribution in [0.1, 0.15) is 16.9 Å². The summed E-state index contributed by atoms with van der Waals surface area (Å²) in [6.07, 6.45) is 1.57. The second-order valence-electron chi connectivity index (χ2n) is 6.28. The topological polar surface area (TPSA) is 74.9 Å². The second kappa shape index (κ2) is 8.29. The van der Waals surface area contributed by atoms with Gasteiger partial charge in [0.1, 0.15) is 12.4 Å². The van der Waals surface area contributed by atoms with Gasteiger partial charge in [0.25, 0.3) is 0 Å². The Morgan fingerprint density at radius 1 is 1.36 bits per heavy atom. The van der Waals surface area contributed by atoms with E-state index in [9.17, 15) is 9.90 Å². The fourth-order valence-corrected chi connectivity index (χ4v) is 3.21. The lowest BCUT2D eigenvalue weighted by atomic mass is 9.93. The lowest BCUT2D eigenvalue weighted by Crippen LogP contribution is -2.52. The summed E-state index contributed by atoms with van der Waals surface area (Å²) in [5.41, 5.74) is 2.39. The van der Waals surface area contributed by atoms with Crippen molar-refractivity contribution >= 4 is 5.91 Å². The molecule has 0 fully saturated rings. The number of rotatable bonds is 7. The number of β-amino-alcohol motifs (C(OH)–C–C–N with tert-alkyl or cyclic N) is 1. The molecule has 1 aromatic heterocycles. The Morgan fingerprint density at radius 3 is 2.88 bits per heavy atom. The van der Waals surface area contributed by atoms with Crippen molar-refractivity contribution in [2.24, 2.45) is 0 Å². The third-order valence-electron chi connectivity index (χ3n) is 4.47. The van der Waals surface area contributed by atoms with E-state index in [0.29, 0.717) is 26.1 Å². The number of carbonyl (C=O) groups excluding carboxylic acids is 1. The molecule has 0 aliphatic carbocycles. The van der Waals surface area contributed by atoms with Gasteiger partial charge in [0, 0.05) is 20.1 Å². The molecule has 0 radical (unpaired) electrons. The Kier molecular flexibility index (Phi) is 5.86. The third kappa shape index (κ3) is 4.48. The minimum atomic E-state index is -0.674. The molecule has 1 aromatic carbocycles. The van der Waals surface area contributed by atoms with Gasteiger partial charge >= 0.3 is 0 Å². The molecule has 2 aromatic rings. The van der Waals surface area contributed by atoms with Crippen molar-refractivity contribution < 1.29 is 19.1 Å².